The SMILES string of the molecule is CCCCc1ccc(Nc2ncnc(Nc3ccc(C(=O)OCC(C)C)cc3)c2[N+](=O)[O-])cc1. The molecule has 178 valence electrons. The second kappa shape index (κ2) is 11.7. The maximum Gasteiger partial charge on any atom is 0.353 e. The number of carbonyl (C=O) groups excluding carboxylic acids is 1. The van der Waals surface area contributed by atoms with Gasteiger partial charge in [0.2, 0.25) is 11.6 Å². The van der Waals surface area contributed by atoms with Crippen LogP contribution in [0.1, 0.15) is 49.5 Å². The van der Waals surface area contributed by atoms with E-state index in [1.165, 1.54) is 11.9 Å². The lowest BCUT2D eigenvalue weighted by molar-refractivity contribution is -0.383. The lowest BCUT2D eigenvalue weighted by atomic mass is 10.1. The summed E-state index contributed by atoms with van der Waals surface area (Å²) in [6.45, 7) is 6.40. The van der Waals surface area contributed by atoms with Crippen molar-refractivity contribution in [3.8, 4) is 0 Å². The van der Waals surface area contributed by atoms with Crippen molar-refractivity contribution in [1.82, 2.24) is 9.97 Å². The van der Waals surface area contributed by atoms with Gasteiger partial charge in [0, 0.05) is 11.4 Å². The number of aromatic nitrogens is 2. The first-order chi connectivity index (χ1) is 16.4. The van der Waals surface area contributed by atoms with E-state index in [2.05, 4.69) is 27.5 Å². The van der Waals surface area contributed by atoms with Crippen LogP contribution in [0.2, 0.25) is 0 Å². The third-order valence-electron chi connectivity index (χ3n) is 4.97. The number of anilines is 4. The van der Waals surface area contributed by atoms with E-state index in [4.69, 9.17) is 4.74 Å². The number of carbonyl (C=O) groups is 1. The van der Waals surface area contributed by atoms with E-state index in [0.717, 1.165) is 19.3 Å². The molecule has 0 aliphatic heterocycles. The highest BCUT2D eigenvalue weighted by molar-refractivity contribution is 5.90. The van der Waals surface area contributed by atoms with Crippen molar-refractivity contribution in [1.29, 1.82) is 0 Å². The lowest BCUT2D eigenvalue weighted by Crippen LogP contribution is -2.10. The largest absolute Gasteiger partial charge is 0.462 e. The fourth-order valence-electron chi connectivity index (χ4n) is 3.16. The van der Waals surface area contributed by atoms with Gasteiger partial charge in [0.05, 0.1) is 17.1 Å². The van der Waals surface area contributed by atoms with E-state index in [-0.39, 0.29) is 23.2 Å². The lowest BCUT2D eigenvalue weighted by Gasteiger charge is -2.11. The van der Waals surface area contributed by atoms with Crippen LogP contribution in [0, 0.1) is 16.0 Å². The minimum Gasteiger partial charge on any atom is -0.462 e. The molecule has 9 nitrogen and oxygen atoms in total. The van der Waals surface area contributed by atoms with Gasteiger partial charge >= 0.3 is 11.7 Å². The molecule has 2 N–H and O–H groups in total. The minimum absolute atomic E-state index is 0.0391. The molecule has 34 heavy (non-hydrogen) atoms. The number of nitrogens with one attached hydrogen (secondary N) is 2. The zero-order valence-corrected chi connectivity index (χ0v) is 19.6. The number of benzene rings is 2. The van der Waals surface area contributed by atoms with E-state index >= 15 is 0 Å². The molecule has 0 saturated carbocycles. The first-order valence-electron chi connectivity index (χ1n) is 11.3. The Bertz CT molecular complexity index is 1120. The van der Waals surface area contributed by atoms with Crippen molar-refractivity contribution in [2.75, 3.05) is 17.2 Å². The third-order valence-corrected chi connectivity index (χ3v) is 4.97. The number of unbranched alkanes of at least 4 members (excludes halogenated alkanes) is 1. The Morgan fingerprint density at radius 1 is 1.00 bits per heavy atom. The maximum atomic E-state index is 12.1. The summed E-state index contributed by atoms with van der Waals surface area (Å²) in [6.07, 6.45) is 4.48. The molecule has 2 aromatic carbocycles. The van der Waals surface area contributed by atoms with Crippen LogP contribution in [0.5, 0.6) is 0 Å². The van der Waals surface area contributed by atoms with Gasteiger partial charge in [0.15, 0.2) is 0 Å². The summed E-state index contributed by atoms with van der Waals surface area (Å²) in [7, 11) is 0. The third kappa shape index (κ3) is 6.74. The molecule has 0 saturated heterocycles. The second-order valence-corrected chi connectivity index (χ2v) is 8.30. The number of hydrogen-bond acceptors (Lipinski definition) is 8. The maximum absolute atomic E-state index is 12.1. The van der Waals surface area contributed by atoms with Gasteiger partial charge in [-0.25, -0.2) is 14.8 Å². The standard InChI is InChI=1S/C25H29N5O4/c1-4-5-6-18-7-11-20(12-8-18)28-23-22(30(32)33)24(27-16-26-23)29-21-13-9-19(10-14-21)25(31)34-15-17(2)3/h7-14,16-17H,4-6,15H2,1-3H3,(H2,26,27,28,29). The molecule has 0 radical (unpaired) electrons. The van der Waals surface area contributed by atoms with E-state index in [1.54, 1.807) is 24.3 Å². The quantitative estimate of drug-likeness (QED) is 0.201. The van der Waals surface area contributed by atoms with Crippen molar-refractivity contribution in [2.45, 2.75) is 40.0 Å². The molecule has 1 heterocycles. The predicted octanol–water partition coefficient (Wildman–Crippen LogP) is 6.03. The molecule has 0 aliphatic carbocycles. The Balaban J connectivity index is 1.76. The summed E-state index contributed by atoms with van der Waals surface area (Å²) in [5.74, 6) is -0.0552. The number of ether oxygens (including phenoxy) is 1. The van der Waals surface area contributed by atoms with Gasteiger partial charge in [-0.2, -0.15) is 0 Å². The predicted molar refractivity (Wildman–Crippen MR) is 132 cm³/mol. The van der Waals surface area contributed by atoms with Gasteiger partial charge in [-0.05, 0) is 60.7 Å². The average Bonchev–Trinajstić information content (AvgIpc) is 2.82. The fraction of sp³-hybridized carbons (Fsp3) is 0.320. The first-order valence-corrected chi connectivity index (χ1v) is 11.3. The summed E-state index contributed by atoms with van der Waals surface area (Å²) in [5.41, 5.74) is 2.56. The molecule has 0 bridgehead atoms. The van der Waals surface area contributed by atoms with Crippen molar-refractivity contribution >= 4 is 34.7 Å². The molecule has 1 aromatic heterocycles. The topological polar surface area (TPSA) is 119 Å². The van der Waals surface area contributed by atoms with Crippen molar-refractivity contribution in [3.05, 3.63) is 76.1 Å². The molecule has 0 aliphatic rings. The molecule has 0 fully saturated rings. The second-order valence-electron chi connectivity index (χ2n) is 8.30. The molecule has 3 rings (SSSR count). The zero-order valence-electron chi connectivity index (χ0n) is 19.6. The number of esters is 1. The van der Waals surface area contributed by atoms with Crippen LogP contribution in [0.3, 0.4) is 0 Å². The van der Waals surface area contributed by atoms with E-state index in [1.807, 2.05) is 38.1 Å². The van der Waals surface area contributed by atoms with Gasteiger partial charge in [0.1, 0.15) is 6.33 Å². The van der Waals surface area contributed by atoms with Crippen LogP contribution in [0.25, 0.3) is 0 Å². The van der Waals surface area contributed by atoms with Crippen LogP contribution in [0.4, 0.5) is 28.7 Å². The zero-order chi connectivity index (χ0) is 24.5. The number of aryl methyl sites for hydroxylation is 1. The Kier molecular flexibility index (Phi) is 8.50. The summed E-state index contributed by atoms with van der Waals surface area (Å²) >= 11 is 0. The molecule has 0 spiro atoms. The van der Waals surface area contributed by atoms with Gasteiger partial charge < -0.3 is 15.4 Å². The van der Waals surface area contributed by atoms with Gasteiger partial charge in [-0.3, -0.25) is 10.1 Å². The van der Waals surface area contributed by atoms with Crippen LogP contribution >= 0.6 is 0 Å². The Morgan fingerprint density at radius 2 is 1.56 bits per heavy atom. The molecule has 3 aromatic rings. The van der Waals surface area contributed by atoms with Gasteiger partial charge in [-0.1, -0.05) is 39.3 Å². The molecule has 0 unspecified atom stereocenters. The summed E-state index contributed by atoms with van der Waals surface area (Å²) in [4.78, 5) is 31.5. The number of nitrogens with zero attached hydrogens (tertiary/aromatic N) is 3. The summed E-state index contributed by atoms with van der Waals surface area (Å²) < 4.78 is 5.22. The minimum atomic E-state index is -0.530. The molecule has 0 atom stereocenters. The van der Waals surface area contributed by atoms with Crippen molar-refractivity contribution < 1.29 is 14.5 Å². The highest BCUT2D eigenvalue weighted by Gasteiger charge is 2.23. The highest BCUT2D eigenvalue weighted by atomic mass is 16.6. The monoisotopic (exact) mass is 463 g/mol. The number of rotatable bonds is 11. The van der Waals surface area contributed by atoms with E-state index < -0.39 is 10.9 Å². The first kappa shape index (κ1) is 24.6. The van der Waals surface area contributed by atoms with E-state index in [0.29, 0.717) is 23.5 Å². The number of nitro groups is 1. The Hall–Kier alpha value is -4.01. The van der Waals surface area contributed by atoms with Crippen LogP contribution in [-0.2, 0) is 11.2 Å². The van der Waals surface area contributed by atoms with E-state index in [9.17, 15) is 14.9 Å². The fourth-order valence-corrected chi connectivity index (χ4v) is 3.16. The van der Waals surface area contributed by atoms with Crippen molar-refractivity contribution in [2.24, 2.45) is 5.92 Å². The van der Waals surface area contributed by atoms with Crippen LogP contribution < -0.4 is 10.6 Å². The van der Waals surface area contributed by atoms with Crippen molar-refractivity contribution in [3.63, 3.8) is 0 Å². The normalized spacial score (nSPS) is 10.7. The molecule has 9 heteroatoms. The Morgan fingerprint density at radius 3 is 2.06 bits per heavy atom. The molecular formula is C25H29N5O4. The molecule has 0 amide bonds. The van der Waals surface area contributed by atoms with Gasteiger partial charge in [0.25, 0.3) is 0 Å². The highest BCUT2D eigenvalue weighted by Crippen LogP contribution is 2.33. The van der Waals surface area contributed by atoms with Crippen LogP contribution in [0.15, 0.2) is 54.9 Å². The van der Waals surface area contributed by atoms with Crippen LogP contribution in [-0.4, -0.2) is 27.5 Å². The average molecular weight is 464 g/mol. The number of hydrogen-bond donors (Lipinski definition) is 2. The summed E-state index contributed by atoms with van der Waals surface area (Å²) in [5, 5.41) is 17.8. The molecular weight excluding hydrogens is 434 g/mol. The smallest absolute Gasteiger partial charge is 0.353 e. The summed E-state index contributed by atoms with van der Waals surface area (Å²) in [6, 6.07) is 14.2. The Labute approximate surface area is 198 Å². The van der Waals surface area contributed by atoms with Gasteiger partial charge in [-0.15, -0.1) is 0 Å².